The lowest BCUT2D eigenvalue weighted by Crippen LogP contribution is -2.51. The molecule has 0 heterocycles. The zero-order chi connectivity index (χ0) is 10.8. The van der Waals surface area contributed by atoms with Gasteiger partial charge in [0, 0.05) is 18.6 Å². The third kappa shape index (κ3) is 3.46. The van der Waals surface area contributed by atoms with Crippen LogP contribution in [0, 0.1) is 5.92 Å². The van der Waals surface area contributed by atoms with Gasteiger partial charge in [0.05, 0.1) is 6.42 Å². The minimum Gasteiger partial charge on any atom is -0.329 e. The molecule has 1 aliphatic rings. The van der Waals surface area contributed by atoms with Crippen LogP contribution >= 0.6 is 0 Å². The van der Waals surface area contributed by atoms with Gasteiger partial charge in [0.1, 0.15) is 0 Å². The van der Waals surface area contributed by atoms with Crippen molar-refractivity contribution in [2.24, 2.45) is 11.7 Å². The van der Waals surface area contributed by atoms with Crippen molar-refractivity contribution in [1.82, 2.24) is 5.32 Å². The van der Waals surface area contributed by atoms with Crippen LogP contribution in [0.2, 0.25) is 0 Å². The molecule has 84 valence electrons. The van der Waals surface area contributed by atoms with E-state index < -0.39 is 12.6 Å². The maximum Gasteiger partial charge on any atom is 0.390 e. The Kier molecular flexibility index (Phi) is 3.42. The molecule has 5 heteroatoms. The van der Waals surface area contributed by atoms with E-state index in [1.165, 1.54) is 0 Å². The first-order valence-corrected chi connectivity index (χ1v) is 4.89. The van der Waals surface area contributed by atoms with Crippen molar-refractivity contribution >= 4 is 0 Å². The van der Waals surface area contributed by atoms with E-state index in [0.717, 1.165) is 12.8 Å². The third-order valence-corrected chi connectivity index (χ3v) is 2.84. The molecule has 0 radical (unpaired) electrons. The molecular weight excluding hydrogens is 193 g/mol. The van der Waals surface area contributed by atoms with Crippen molar-refractivity contribution in [3.63, 3.8) is 0 Å². The summed E-state index contributed by atoms with van der Waals surface area (Å²) in [7, 11) is 0. The van der Waals surface area contributed by atoms with E-state index >= 15 is 0 Å². The lowest BCUT2D eigenvalue weighted by Gasteiger charge is -2.29. The molecule has 1 fully saturated rings. The molecule has 0 aromatic carbocycles. The molecule has 0 aromatic rings. The lowest BCUT2D eigenvalue weighted by molar-refractivity contribution is -0.134. The van der Waals surface area contributed by atoms with Crippen LogP contribution in [0.1, 0.15) is 26.2 Å². The van der Waals surface area contributed by atoms with Gasteiger partial charge in [-0.05, 0) is 25.7 Å². The Morgan fingerprint density at radius 2 is 1.93 bits per heavy atom. The average Bonchev–Trinajstić information content (AvgIpc) is 2.83. The summed E-state index contributed by atoms with van der Waals surface area (Å²) in [6.45, 7) is 2.27. The highest BCUT2D eigenvalue weighted by Gasteiger charge is 2.40. The number of hydrogen-bond donors (Lipinski definition) is 2. The van der Waals surface area contributed by atoms with Crippen LogP contribution in [0.25, 0.3) is 0 Å². The number of nitrogens with two attached hydrogens (primary N) is 1. The van der Waals surface area contributed by atoms with Gasteiger partial charge in [0.15, 0.2) is 0 Å². The van der Waals surface area contributed by atoms with E-state index in [4.69, 9.17) is 5.73 Å². The summed E-state index contributed by atoms with van der Waals surface area (Å²) in [5.74, 6) is 0.459. The SMILES string of the molecule is CC(CN)(NCCC(F)(F)F)C1CC1. The van der Waals surface area contributed by atoms with Crippen molar-refractivity contribution in [2.75, 3.05) is 13.1 Å². The molecule has 14 heavy (non-hydrogen) atoms. The molecule has 1 atom stereocenters. The monoisotopic (exact) mass is 210 g/mol. The standard InChI is InChI=1S/C9H17F3N2/c1-8(6-13,7-2-3-7)14-5-4-9(10,11)12/h7,14H,2-6,13H2,1H3. The minimum atomic E-state index is -4.08. The van der Waals surface area contributed by atoms with Gasteiger partial charge in [0.2, 0.25) is 0 Å². The molecule has 1 saturated carbocycles. The van der Waals surface area contributed by atoms with Gasteiger partial charge in [0.25, 0.3) is 0 Å². The predicted octanol–water partition coefficient (Wildman–Crippen LogP) is 1.66. The molecule has 0 saturated heterocycles. The summed E-state index contributed by atoms with van der Waals surface area (Å²) in [5.41, 5.74) is 5.25. The second-order valence-electron chi connectivity index (χ2n) is 4.19. The molecule has 1 rings (SSSR count). The Labute approximate surface area is 82.0 Å². The lowest BCUT2D eigenvalue weighted by atomic mass is 9.96. The summed E-state index contributed by atoms with van der Waals surface area (Å²) in [5, 5.41) is 2.92. The zero-order valence-electron chi connectivity index (χ0n) is 8.32. The van der Waals surface area contributed by atoms with Crippen LogP contribution in [0.15, 0.2) is 0 Å². The van der Waals surface area contributed by atoms with Gasteiger partial charge in [-0.15, -0.1) is 0 Å². The smallest absolute Gasteiger partial charge is 0.329 e. The highest BCUT2D eigenvalue weighted by Crippen LogP contribution is 2.39. The molecular formula is C9H17F3N2. The zero-order valence-corrected chi connectivity index (χ0v) is 8.32. The van der Waals surface area contributed by atoms with Crippen LogP contribution in [0.5, 0.6) is 0 Å². The maximum atomic E-state index is 11.9. The van der Waals surface area contributed by atoms with Gasteiger partial charge in [-0.3, -0.25) is 0 Å². The Hall–Kier alpha value is -0.290. The number of alkyl halides is 3. The summed E-state index contributed by atoms with van der Waals surface area (Å²) < 4.78 is 35.6. The molecule has 0 aromatic heterocycles. The molecule has 0 bridgehead atoms. The third-order valence-electron chi connectivity index (χ3n) is 2.84. The van der Waals surface area contributed by atoms with Crippen LogP contribution < -0.4 is 11.1 Å². The Balaban J connectivity index is 2.27. The first kappa shape index (κ1) is 11.8. The van der Waals surface area contributed by atoms with Crippen molar-refractivity contribution in [3.8, 4) is 0 Å². The fourth-order valence-corrected chi connectivity index (χ4v) is 1.59. The quantitative estimate of drug-likeness (QED) is 0.724. The Bertz CT molecular complexity index is 189. The predicted molar refractivity (Wildman–Crippen MR) is 48.9 cm³/mol. The normalized spacial score (nSPS) is 22.1. The summed E-state index contributed by atoms with van der Waals surface area (Å²) in [6.07, 6.45) is -2.71. The minimum absolute atomic E-state index is 0.0340. The first-order chi connectivity index (χ1) is 6.37. The van der Waals surface area contributed by atoms with Crippen molar-refractivity contribution in [2.45, 2.75) is 37.9 Å². The van der Waals surface area contributed by atoms with Crippen molar-refractivity contribution in [1.29, 1.82) is 0 Å². The summed E-state index contributed by atoms with van der Waals surface area (Å²) in [4.78, 5) is 0. The van der Waals surface area contributed by atoms with Gasteiger partial charge in [-0.1, -0.05) is 0 Å². The van der Waals surface area contributed by atoms with Gasteiger partial charge in [-0.25, -0.2) is 0 Å². The molecule has 0 aliphatic heterocycles. The number of rotatable bonds is 5. The molecule has 3 N–H and O–H groups in total. The highest BCUT2D eigenvalue weighted by molar-refractivity contribution is 4.98. The largest absolute Gasteiger partial charge is 0.390 e. The van der Waals surface area contributed by atoms with E-state index in [0.29, 0.717) is 12.5 Å². The van der Waals surface area contributed by atoms with E-state index in [9.17, 15) is 13.2 Å². The molecule has 0 spiro atoms. The fraction of sp³-hybridized carbons (Fsp3) is 1.00. The van der Waals surface area contributed by atoms with Crippen LogP contribution in [0.4, 0.5) is 13.2 Å². The van der Waals surface area contributed by atoms with Gasteiger partial charge < -0.3 is 11.1 Å². The number of hydrogen-bond acceptors (Lipinski definition) is 2. The first-order valence-electron chi connectivity index (χ1n) is 4.89. The Morgan fingerprint density at radius 3 is 2.29 bits per heavy atom. The van der Waals surface area contributed by atoms with E-state index in [-0.39, 0.29) is 12.1 Å². The van der Waals surface area contributed by atoms with Gasteiger partial charge >= 0.3 is 6.18 Å². The number of halogens is 3. The van der Waals surface area contributed by atoms with E-state index in [2.05, 4.69) is 5.32 Å². The summed E-state index contributed by atoms with van der Waals surface area (Å²) in [6, 6.07) is 0. The molecule has 1 unspecified atom stereocenters. The second-order valence-corrected chi connectivity index (χ2v) is 4.19. The topological polar surface area (TPSA) is 38.0 Å². The van der Waals surface area contributed by atoms with E-state index in [1.807, 2.05) is 6.92 Å². The van der Waals surface area contributed by atoms with Crippen molar-refractivity contribution in [3.05, 3.63) is 0 Å². The summed E-state index contributed by atoms with van der Waals surface area (Å²) >= 11 is 0. The second kappa shape index (κ2) is 4.06. The van der Waals surface area contributed by atoms with E-state index in [1.54, 1.807) is 0 Å². The highest BCUT2D eigenvalue weighted by atomic mass is 19.4. The fourth-order valence-electron chi connectivity index (χ4n) is 1.59. The Morgan fingerprint density at radius 1 is 1.36 bits per heavy atom. The molecule has 0 amide bonds. The van der Waals surface area contributed by atoms with Crippen molar-refractivity contribution < 1.29 is 13.2 Å². The molecule has 2 nitrogen and oxygen atoms in total. The molecule has 1 aliphatic carbocycles. The van der Waals surface area contributed by atoms with Crippen LogP contribution in [-0.2, 0) is 0 Å². The maximum absolute atomic E-state index is 11.9. The number of nitrogens with one attached hydrogen (secondary N) is 1. The van der Waals surface area contributed by atoms with Crippen LogP contribution in [0.3, 0.4) is 0 Å². The van der Waals surface area contributed by atoms with Gasteiger partial charge in [-0.2, -0.15) is 13.2 Å². The van der Waals surface area contributed by atoms with Crippen LogP contribution in [-0.4, -0.2) is 24.8 Å². The average molecular weight is 210 g/mol.